The Hall–Kier alpha value is 0.169. The van der Waals surface area contributed by atoms with Gasteiger partial charge in [0, 0.05) is 0 Å². The number of hydrogen-bond donors (Lipinski definition) is 0. The van der Waals surface area contributed by atoms with Crippen molar-refractivity contribution in [1.82, 2.24) is 0 Å². The summed E-state index contributed by atoms with van der Waals surface area (Å²) in [6.07, 6.45) is 7.88. The predicted molar refractivity (Wildman–Crippen MR) is 107 cm³/mol. The second kappa shape index (κ2) is 11.7. The third kappa shape index (κ3) is 6.53. The molecule has 23 heavy (non-hydrogen) atoms. The fraction of sp³-hybridized carbons (Fsp3) is 0.700. The van der Waals surface area contributed by atoms with Gasteiger partial charge in [-0.25, -0.2) is 0 Å². The predicted octanol–water partition coefficient (Wildman–Crippen LogP) is 6.57. The van der Waals surface area contributed by atoms with Gasteiger partial charge in [0.2, 0.25) is 0 Å². The molecule has 1 aromatic carbocycles. The molecule has 0 aromatic heterocycles. The summed E-state index contributed by atoms with van der Waals surface area (Å²) in [4.78, 5) is 1.05. The van der Waals surface area contributed by atoms with Gasteiger partial charge in [0.15, 0.2) is 0 Å². The molecule has 2 atom stereocenters. The average molecular weight is 443 g/mol. The summed E-state index contributed by atoms with van der Waals surface area (Å²) < 4.78 is 18.0. The molecule has 3 heteroatoms. The standard InChI is InChI=1S/C8H9OS.3C4H9.Sn/c1-2-10(9)8-6-4-3-5-7-8;3*1-3-4-2;/h2-7H,1H3;3*1,3-4H2,2H3;. The van der Waals surface area contributed by atoms with E-state index in [2.05, 4.69) is 39.8 Å². The molecule has 0 radical (unpaired) electrons. The van der Waals surface area contributed by atoms with Crippen LogP contribution in [0.3, 0.4) is 0 Å². The third-order valence-electron chi connectivity index (χ3n) is 5.24. The van der Waals surface area contributed by atoms with Crippen molar-refractivity contribution in [3.8, 4) is 0 Å². The normalized spacial score (nSPS) is 14.6. The molecule has 2 unspecified atom stereocenters. The first-order valence-corrected chi connectivity index (χ1v) is 18.5. The summed E-state index contributed by atoms with van der Waals surface area (Å²) in [6, 6.07) is 10.2. The van der Waals surface area contributed by atoms with Crippen LogP contribution >= 0.6 is 0 Å². The van der Waals surface area contributed by atoms with Gasteiger partial charge in [-0.3, -0.25) is 0 Å². The molecule has 0 fully saturated rings. The van der Waals surface area contributed by atoms with Crippen molar-refractivity contribution in [3.63, 3.8) is 0 Å². The summed E-state index contributed by atoms with van der Waals surface area (Å²) in [7, 11) is -0.815. The number of rotatable bonds is 12. The first kappa shape index (κ1) is 21.2. The summed E-state index contributed by atoms with van der Waals surface area (Å²) in [5, 5.41) is 0. The quantitative estimate of drug-likeness (QED) is 0.334. The van der Waals surface area contributed by atoms with Crippen LogP contribution in [0.4, 0.5) is 0 Å². The van der Waals surface area contributed by atoms with E-state index in [0.717, 1.165) is 4.90 Å². The second-order valence-corrected chi connectivity index (χ2v) is 24.4. The van der Waals surface area contributed by atoms with E-state index in [1.165, 1.54) is 51.8 Å². The van der Waals surface area contributed by atoms with Crippen LogP contribution in [0.5, 0.6) is 0 Å². The molecule has 0 saturated heterocycles. The minimum absolute atomic E-state index is 0.441. The van der Waals surface area contributed by atoms with Crippen LogP contribution < -0.4 is 0 Å². The van der Waals surface area contributed by atoms with Crippen LogP contribution in [0.15, 0.2) is 35.2 Å². The van der Waals surface area contributed by atoms with Gasteiger partial charge in [0.05, 0.1) is 0 Å². The van der Waals surface area contributed by atoms with Crippen molar-refractivity contribution in [3.05, 3.63) is 30.3 Å². The zero-order valence-corrected chi connectivity index (χ0v) is 19.3. The maximum atomic E-state index is 13.2. The number of hydrogen-bond acceptors (Lipinski definition) is 1. The molecule has 0 aliphatic heterocycles. The Labute approximate surface area is 151 Å². The maximum absolute atomic E-state index is 13.2. The Bertz CT molecular complexity index is 424. The fourth-order valence-corrected chi connectivity index (χ4v) is 26.9. The topological polar surface area (TPSA) is 17.1 Å². The van der Waals surface area contributed by atoms with Gasteiger partial charge in [0.1, 0.15) is 0 Å². The minimum atomic E-state index is -2.40. The van der Waals surface area contributed by atoms with E-state index >= 15 is 0 Å². The first-order valence-electron chi connectivity index (χ1n) is 9.57. The van der Waals surface area contributed by atoms with Crippen molar-refractivity contribution in [1.29, 1.82) is 0 Å². The Morgan fingerprint density at radius 3 is 1.70 bits per heavy atom. The molecule has 0 N–H and O–H groups in total. The second-order valence-electron chi connectivity index (χ2n) is 6.93. The molecule has 1 nitrogen and oxygen atoms in total. The van der Waals surface area contributed by atoms with E-state index in [-0.39, 0.29) is 0 Å². The third-order valence-corrected chi connectivity index (χ3v) is 28.3. The van der Waals surface area contributed by atoms with E-state index in [1.54, 1.807) is 0 Å². The van der Waals surface area contributed by atoms with E-state index < -0.39 is 29.2 Å². The van der Waals surface area contributed by atoms with Crippen molar-refractivity contribution in [2.45, 2.75) is 87.7 Å². The summed E-state index contributed by atoms with van der Waals surface area (Å²) in [6.45, 7) is 9.24. The molecule has 0 saturated carbocycles. The average Bonchev–Trinajstić information content (AvgIpc) is 2.61. The van der Waals surface area contributed by atoms with Crippen LogP contribution in [0.2, 0.25) is 13.3 Å². The van der Waals surface area contributed by atoms with E-state index in [4.69, 9.17) is 0 Å². The van der Waals surface area contributed by atoms with E-state index in [9.17, 15) is 4.21 Å². The van der Waals surface area contributed by atoms with Gasteiger partial charge in [-0.1, -0.05) is 0 Å². The van der Waals surface area contributed by atoms with Crippen LogP contribution in [-0.2, 0) is 10.8 Å². The molecular formula is C20H36OSSn. The van der Waals surface area contributed by atoms with Gasteiger partial charge >= 0.3 is 151 Å². The SMILES string of the molecule is CCC[CH2][Sn]([CH2]CCC)([CH2]CCC)[CH](C)S(=O)c1ccccc1. The van der Waals surface area contributed by atoms with E-state index in [1.807, 2.05) is 18.2 Å². The molecule has 0 aliphatic carbocycles. The van der Waals surface area contributed by atoms with Gasteiger partial charge < -0.3 is 0 Å². The Kier molecular flexibility index (Phi) is 10.8. The van der Waals surface area contributed by atoms with Crippen LogP contribution in [0.25, 0.3) is 0 Å². The fourth-order valence-electron chi connectivity index (χ4n) is 3.56. The zero-order chi connectivity index (χ0) is 17.1. The van der Waals surface area contributed by atoms with Crippen LogP contribution in [0.1, 0.15) is 66.2 Å². The molecule has 132 valence electrons. The van der Waals surface area contributed by atoms with Crippen LogP contribution in [0, 0.1) is 0 Å². The monoisotopic (exact) mass is 444 g/mol. The molecule has 1 rings (SSSR count). The van der Waals surface area contributed by atoms with E-state index in [0.29, 0.717) is 3.27 Å². The Morgan fingerprint density at radius 1 is 0.870 bits per heavy atom. The van der Waals surface area contributed by atoms with Crippen molar-refractivity contribution >= 4 is 29.2 Å². The molecule has 0 heterocycles. The first-order chi connectivity index (χ1) is 11.1. The molecular weight excluding hydrogens is 407 g/mol. The van der Waals surface area contributed by atoms with Gasteiger partial charge in [-0.15, -0.1) is 0 Å². The Balaban J connectivity index is 3.04. The molecule has 0 bridgehead atoms. The van der Waals surface area contributed by atoms with Gasteiger partial charge in [-0.2, -0.15) is 0 Å². The Morgan fingerprint density at radius 2 is 1.30 bits per heavy atom. The summed E-state index contributed by atoms with van der Waals surface area (Å²) >= 11 is -2.40. The summed E-state index contributed by atoms with van der Waals surface area (Å²) in [5.74, 6) is 0. The number of unbranched alkanes of at least 4 members (excludes halogenated alkanes) is 3. The van der Waals surface area contributed by atoms with Crippen LogP contribution in [-0.4, -0.2) is 25.9 Å². The van der Waals surface area contributed by atoms with Crippen molar-refractivity contribution < 1.29 is 4.21 Å². The van der Waals surface area contributed by atoms with Crippen molar-refractivity contribution in [2.24, 2.45) is 0 Å². The summed E-state index contributed by atoms with van der Waals surface area (Å²) in [5.41, 5.74) is 0. The van der Waals surface area contributed by atoms with Gasteiger partial charge in [-0.05, 0) is 0 Å². The van der Waals surface area contributed by atoms with Gasteiger partial charge in [0.25, 0.3) is 0 Å². The molecule has 0 aliphatic rings. The molecule has 1 aromatic rings. The molecule has 0 spiro atoms. The number of benzene rings is 1. The van der Waals surface area contributed by atoms with Crippen molar-refractivity contribution in [2.75, 3.05) is 0 Å². The molecule has 0 amide bonds. The zero-order valence-electron chi connectivity index (χ0n) is 15.6.